The molecule has 0 amide bonds. The van der Waals surface area contributed by atoms with Crippen molar-refractivity contribution in [2.75, 3.05) is 12.3 Å². The highest BCUT2D eigenvalue weighted by atomic mass is 28.3. The van der Waals surface area contributed by atoms with Crippen LogP contribution in [-0.2, 0) is 4.43 Å². The van der Waals surface area contributed by atoms with Gasteiger partial charge in [0.1, 0.15) is 12.4 Å². The lowest BCUT2D eigenvalue weighted by Gasteiger charge is -2.32. The van der Waals surface area contributed by atoms with E-state index in [9.17, 15) is 0 Å². The SMILES string of the molecule is C[SiH](C)OC(COc1cccc(N)c1)C(C)(C)C. The summed E-state index contributed by atoms with van der Waals surface area (Å²) in [6, 6.07) is 7.51. The highest BCUT2D eigenvalue weighted by Gasteiger charge is 2.26. The van der Waals surface area contributed by atoms with Gasteiger partial charge in [-0.15, -0.1) is 0 Å². The van der Waals surface area contributed by atoms with E-state index >= 15 is 0 Å². The minimum absolute atomic E-state index is 0.0809. The molecule has 0 aromatic heterocycles. The van der Waals surface area contributed by atoms with Gasteiger partial charge >= 0.3 is 0 Å². The summed E-state index contributed by atoms with van der Waals surface area (Å²) in [6.45, 7) is 11.5. The molecule has 3 nitrogen and oxygen atoms in total. The third-order valence-corrected chi connectivity index (χ3v) is 3.53. The molecule has 0 saturated carbocycles. The quantitative estimate of drug-likeness (QED) is 0.658. The van der Waals surface area contributed by atoms with Crippen LogP contribution >= 0.6 is 0 Å². The van der Waals surface area contributed by atoms with Crippen molar-refractivity contribution in [1.82, 2.24) is 0 Å². The van der Waals surface area contributed by atoms with E-state index in [0.717, 1.165) is 11.4 Å². The molecule has 4 heteroatoms. The first-order valence-electron chi connectivity index (χ1n) is 6.43. The molecule has 2 N–H and O–H groups in total. The van der Waals surface area contributed by atoms with Crippen LogP contribution in [-0.4, -0.2) is 21.8 Å². The third-order valence-electron chi connectivity index (χ3n) is 2.66. The lowest BCUT2D eigenvalue weighted by Crippen LogP contribution is -2.38. The van der Waals surface area contributed by atoms with Crippen LogP contribution in [0.25, 0.3) is 0 Å². The van der Waals surface area contributed by atoms with Crippen molar-refractivity contribution in [3.05, 3.63) is 24.3 Å². The number of nitrogens with two attached hydrogens (primary N) is 1. The van der Waals surface area contributed by atoms with E-state index in [1.807, 2.05) is 24.3 Å². The first-order valence-corrected chi connectivity index (χ1v) is 9.21. The normalized spacial score (nSPS) is 13.7. The van der Waals surface area contributed by atoms with Crippen LogP contribution in [0.2, 0.25) is 13.1 Å². The molecule has 0 aliphatic rings. The van der Waals surface area contributed by atoms with Gasteiger partial charge in [0.2, 0.25) is 0 Å². The van der Waals surface area contributed by atoms with Gasteiger partial charge in [-0.2, -0.15) is 0 Å². The standard InChI is InChI=1S/C14H25NO2Si/c1-14(2,3)13(17-18(4)5)10-16-12-8-6-7-11(15)9-12/h6-9,13,18H,10,15H2,1-5H3. The van der Waals surface area contributed by atoms with Crippen molar-refractivity contribution in [3.8, 4) is 5.75 Å². The highest BCUT2D eigenvalue weighted by Crippen LogP contribution is 2.24. The maximum Gasteiger partial charge on any atom is 0.171 e. The summed E-state index contributed by atoms with van der Waals surface area (Å²) in [4.78, 5) is 0. The molecule has 0 radical (unpaired) electrons. The second-order valence-electron chi connectivity index (χ2n) is 5.92. The van der Waals surface area contributed by atoms with Crippen molar-refractivity contribution < 1.29 is 9.16 Å². The number of nitrogen functional groups attached to an aromatic ring is 1. The molecule has 1 rings (SSSR count). The predicted octanol–water partition coefficient (Wildman–Crippen LogP) is 3.06. The number of anilines is 1. The molecule has 18 heavy (non-hydrogen) atoms. The Morgan fingerprint density at radius 3 is 2.44 bits per heavy atom. The fourth-order valence-electron chi connectivity index (χ4n) is 1.60. The number of hydrogen-bond donors (Lipinski definition) is 1. The van der Waals surface area contributed by atoms with Crippen molar-refractivity contribution in [2.24, 2.45) is 5.41 Å². The largest absolute Gasteiger partial charge is 0.491 e. The molecule has 0 aliphatic heterocycles. The fourth-order valence-corrected chi connectivity index (χ4v) is 2.74. The van der Waals surface area contributed by atoms with Crippen molar-refractivity contribution in [3.63, 3.8) is 0 Å². The van der Waals surface area contributed by atoms with Crippen molar-refractivity contribution in [1.29, 1.82) is 0 Å². The van der Waals surface area contributed by atoms with Crippen LogP contribution in [0.4, 0.5) is 5.69 Å². The van der Waals surface area contributed by atoms with Gasteiger partial charge in [0, 0.05) is 11.8 Å². The van der Waals surface area contributed by atoms with Gasteiger partial charge in [-0.05, 0) is 30.6 Å². The third kappa shape index (κ3) is 5.10. The maximum atomic E-state index is 6.05. The molecule has 0 saturated heterocycles. The van der Waals surface area contributed by atoms with Gasteiger partial charge in [0.25, 0.3) is 0 Å². The summed E-state index contributed by atoms with van der Waals surface area (Å²) in [5.74, 6) is 0.804. The topological polar surface area (TPSA) is 44.5 Å². The van der Waals surface area contributed by atoms with E-state index in [-0.39, 0.29) is 11.5 Å². The molecular formula is C14H25NO2Si. The van der Waals surface area contributed by atoms with E-state index in [1.54, 1.807) is 0 Å². The number of hydrogen-bond acceptors (Lipinski definition) is 3. The van der Waals surface area contributed by atoms with Gasteiger partial charge in [0.05, 0.1) is 6.10 Å². The maximum absolute atomic E-state index is 6.05. The Balaban J connectivity index is 2.62. The molecule has 1 unspecified atom stereocenters. The van der Waals surface area contributed by atoms with Gasteiger partial charge < -0.3 is 14.9 Å². The molecule has 0 spiro atoms. The Labute approximate surface area is 112 Å². The van der Waals surface area contributed by atoms with Crippen LogP contribution in [0.15, 0.2) is 24.3 Å². The lowest BCUT2D eigenvalue weighted by atomic mass is 9.90. The Morgan fingerprint density at radius 1 is 1.28 bits per heavy atom. The summed E-state index contributed by atoms with van der Waals surface area (Å²) in [5.41, 5.74) is 6.53. The van der Waals surface area contributed by atoms with Crippen LogP contribution in [0.1, 0.15) is 20.8 Å². The van der Waals surface area contributed by atoms with Gasteiger partial charge in [-0.25, -0.2) is 0 Å². The van der Waals surface area contributed by atoms with E-state index < -0.39 is 9.04 Å². The average Bonchev–Trinajstić information content (AvgIpc) is 2.22. The summed E-state index contributed by atoms with van der Waals surface area (Å²) in [7, 11) is -1.07. The first kappa shape index (κ1) is 15.1. The van der Waals surface area contributed by atoms with Gasteiger partial charge in [-0.3, -0.25) is 0 Å². The summed E-state index contributed by atoms with van der Waals surface area (Å²) in [5, 5.41) is 0. The van der Waals surface area contributed by atoms with E-state index in [1.165, 1.54) is 0 Å². The second kappa shape index (κ2) is 6.25. The lowest BCUT2D eigenvalue weighted by molar-refractivity contribution is 0.0413. The summed E-state index contributed by atoms with van der Waals surface area (Å²) >= 11 is 0. The molecule has 1 aromatic carbocycles. The molecule has 0 heterocycles. The van der Waals surface area contributed by atoms with Gasteiger partial charge in [-0.1, -0.05) is 26.8 Å². The van der Waals surface area contributed by atoms with Crippen LogP contribution in [0.3, 0.4) is 0 Å². The zero-order valence-electron chi connectivity index (χ0n) is 12.1. The van der Waals surface area contributed by atoms with Crippen molar-refractivity contribution >= 4 is 14.7 Å². The Bertz CT molecular complexity index is 374. The number of benzene rings is 1. The smallest absolute Gasteiger partial charge is 0.171 e. The second-order valence-corrected chi connectivity index (χ2v) is 8.29. The van der Waals surface area contributed by atoms with E-state index in [2.05, 4.69) is 33.9 Å². The molecule has 102 valence electrons. The summed E-state index contributed by atoms with van der Waals surface area (Å²) in [6.07, 6.45) is 0.116. The highest BCUT2D eigenvalue weighted by molar-refractivity contribution is 6.48. The molecule has 0 aliphatic carbocycles. The molecule has 1 atom stereocenters. The Morgan fingerprint density at radius 2 is 1.94 bits per heavy atom. The molecular weight excluding hydrogens is 242 g/mol. The van der Waals surface area contributed by atoms with Gasteiger partial charge in [0.15, 0.2) is 9.04 Å². The first-order chi connectivity index (χ1) is 8.29. The van der Waals surface area contributed by atoms with Crippen LogP contribution in [0.5, 0.6) is 5.75 Å². The average molecular weight is 267 g/mol. The fraction of sp³-hybridized carbons (Fsp3) is 0.571. The Hall–Kier alpha value is -1.00. The van der Waals surface area contributed by atoms with Crippen LogP contribution < -0.4 is 10.5 Å². The van der Waals surface area contributed by atoms with E-state index in [0.29, 0.717) is 6.61 Å². The Kier molecular flexibility index (Phi) is 5.23. The predicted molar refractivity (Wildman–Crippen MR) is 79.6 cm³/mol. The molecule has 0 bridgehead atoms. The summed E-state index contributed by atoms with van der Waals surface area (Å²) < 4.78 is 11.8. The van der Waals surface area contributed by atoms with E-state index in [4.69, 9.17) is 14.9 Å². The monoisotopic (exact) mass is 267 g/mol. The van der Waals surface area contributed by atoms with Crippen molar-refractivity contribution in [2.45, 2.75) is 40.0 Å². The van der Waals surface area contributed by atoms with Crippen LogP contribution in [0, 0.1) is 5.41 Å². The molecule has 0 fully saturated rings. The number of ether oxygens (including phenoxy) is 1. The number of rotatable bonds is 5. The zero-order valence-corrected chi connectivity index (χ0v) is 13.2. The minimum Gasteiger partial charge on any atom is -0.491 e. The minimum atomic E-state index is -1.07. The zero-order chi connectivity index (χ0) is 13.8. The molecule has 1 aromatic rings.